The van der Waals surface area contributed by atoms with Crippen LogP contribution in [0.2, 0.25) is 0 Å². The van der Waals surface area contributed by atoms with Crippen LogP contribution in [0.4, 0.5) is 0 Å². The highest BCUT2D eigenvalue weighted by Gasteiger charge is 1.88. The predicted molar refractivity (Wildman–Crippen MR) is 16.6 cm³/mol. The molecular weight excluding hydrogens is 70.0 g/mol. The number of carbonyl (C=O) groups excluding carboxylic acids is 1. The Morgan fingerprint density at radius 1 is 1.60 bits per heavy atom. The van der Waals surface area contributed by atoms with Gasteiger partial charge in [0.15, 0.2) is 0 Å². The van der Waals surface area contributed by atoms with Gasteiger partial charge in [0, 0.05) is 0 Å². The molecule has 0 aliphatic carbocycles. The van der Waals surface area contributed by atoms with Crippen molar-refractivity contribution in [3.63, 3.8) is 0 Å². The quantitative estimate of drug-likeness (QED) is 0.125. The summed E-state index contributed by atoms with van der Waals surface area (Å²) in [5, 5.41) is 0.444. The molecule has 0 atom stereocenters. The fourth-order valence-corrected chi connectivity index (χ4v) is 0. The second kappa shape index (κ2) is 1.83. The Labute approximate surface area is 29.3 Å². The molecule has 0 aromatic carbocycles. The Hall–Kier alpha value is -0.450. The zero-order valence-electron chi connectivity index (χ0n) is 2.59. The van der Waals surface area contributed by atoms with Crippen LogP contribution in [0.5, 0.6) is 0 Å². The number of carbonyl (C=O) groups is 1. The number of hydrogen-bond acceptors (Lipinski definition) is 3. The minimum Gasteiger partial charge on any atom is -0.223 e. The van der Waals surface area contributed by atoms with E-state index in [9.17, 15) is 4.79 Å². The summed E-state index contributed by atoms with van der Waals surface area (Å²) in [5.74, 6) is 9.07. The van der Waals surface area contributed by atoms with Crippen molar-refractivity contribution in [3.8, 4) is 0 Å². The summed E-state index contributed by atoms with van der Waals surface area (Å²) < 4.78 is 0. The normalized spacial score (nSPS) is 8.60. The molecule has 0 aliphatic rings. The molecule has 0 bridgehead atoms. The van der Waals surface area contributed by atoms with Crippen LogP contribution in [-0.2, 0) is 4.79 Å². The molecular formula is CH5N3O+. The number of nitrogens with two attached hydrogens (primary N) is 2. The molecule has 4 heteroatoms. The number of hydrogen-bond donors (Lipinski definition) is 2. The summed E-state index contributed by atoms with van der Waals surface area (Å²) in [6, 6.07) is 0. The molecule has 1 amide bonds. The highest BCUT2D eigenvalue weighted by atomic mass is 16.2. The lowest BCUT2D eigenvalue weighted by molar-refractivity contribution is -0.113. The van der Waals surface area contributed by atoms with E-state index in [0.29, 0.717) is 11.5 Å². The van der Waals surface area contributed by atoms with Crippen molar-refractivity contribution in [2.45, 2.75) is 0 Å². The van der Waals surface area contributed by atoms with E-state index in [0.717, 1.165) is 0 Å². The third-order valence-corrected chi connectivity index (χ3v) is 0.122. The molecule has 0 saturated carbocycles. The van der Waals surface area contributed by atoms with Gasteiger partial charge in [-0.05, 0) is 0 Å². The van der Waals surface area contributed by atoms with Crippen LogP contribution < -0.4 is 16.8 Å². The van der Waals surface area contributed by atoms with E-state index >= 15 is 0 Å². The van der Waals surface area contributed by atoms with Gasteiger partial charge in [0.1, 0.15) is 0 Å². The van der Waals surface area contributed by atoms with Gasteiger partial charge in [0.05, 0.1) is 5.12 Å². The average molecular weight is 75.1 g/mol. The topological polar surface area (TPSA) is 75.0 Å². The minimum absolute atomic E-state index is 0.306. The van der Waals surface area contributed by atoms with Crippen LogP contribution in [0.25, 0.3) is 0 Å². The minimum atomic E-state index is 0.306. The maximum atomic E-state index is 9.18. The number of rotatable bonds is 1. The smallest absolute Gasteiger partial charge is 0.223 e. The van der Waals surface area contributed by atoms with Crippen LogP contribution >= 0.6 is 0 Å². The van der Waals surface area contributed by atoms with E-state index < -0.39 is 0 Å². The molecule has 0 aliphatic heterocycles. The molecule has 29 valence electrons. The van der Waals surface area contributed by atoms with Gasteiger partial charge in [-0.1, -0.05) is 0 Å². The Bertz CT molecular complexity index is 33.9. The first kappa shape index (κ1) is 4.55. The fraction of sp³-hybridized carbons (Fsp3) is 0. The molecule has 4 nitrogen and oxygen atoms in total. The molecule has 0 aromatic rings. The maximum Gasteiger partial charge on any atom is 0.393 e. The first-order valence-corrected chi connectivity index (χ1v) is 1.01. The van der Waals surface area contributed by atoms with E-state index in [-0.39, 0.29) is 0 Å². The van der Waals surface area contributed by atoms with E-state index in [1.165, 1.54) is 0 Å². The zero-order chi connectivity index (χ0) is 4.28. The summed E-state index contributed by atoms with van der Waals surface area (Å²) in [6.07, 6.45) is 0.306. The van der Waals surface area contributed by atoms with E-state index in [2.05, 4.69) is 11.7 Å². The van der Waals surface area contributed by atoms with Crippen LogP contribution in [0.3, 0.4) is 0 Å². The predicted octanol–water partition coefficient (Wildman–Crippen LogP) is -1.97. The second-order valence-corrected chi connectivity index (χ2v) is 0.553. The van der Waals surface area contributed by atoms with Crippen LogP contribution in [0.15, 0.2) is 0 Å². The van der Waals surface area contributed by atoms with Gasteiger partial charge in [-0.15, -0.1) is 11.7 Å². The third kappa shape index (κ3) is 3.55. The van der Waals surface area contributed by atoms with Crippen molar-refractivity contribution >= 4 is 6.41 Å². The second-order valence-electron chi connectivity index (χ2n) is 0.553. The first-order chi connectivity index (χ1) is 2.27. The van der Waals surface area contributed by atoms with Crippen LogP contribution in [0.1, 0.15) is 0 Å². The lowest BCUT2D eigenvalue weighted by Crippen LogP contribution is -2.42. The molecule has 0 spiro atoms. The largest absolute Gasteiger partial charge is 0.393 e. The summed E-state index contributed by atoms with van der Waals surface area (Å²) in [5.41, 5.74) is 0. The standard InChI is InChI=1S/CH5N3O/c2-4(3)1-5/h1H,2-3H2/q+1. The van der Waals surface area contributed by atoms with Gasteiger partial charge in [-0.2, -0.15) is 0 Å². The molecule has 0 aromatic heterocycles. The Balaban J connectivity index is 2.83. The van der Waals surface area contributed by atoms with Crippen molar-refractivity contribution in [1.29, 1.82) is 0 Å². The van der Waals surface area contributed by atoms with E-state index in [1.54, 1.807) is 0 Å². The Morgan fingerprint density at radius 3 is 1.80 bits per heavy atom. The lowest BCUT2D eigenvalue weighted by atomic mass is 11.4. The highest BCUT2D eigenvalue weighted by Crippen LogP contribution is 1.25. The molecule has 0 rings (SSSR count). The zero-order valence-corrected chi connectivity index (χ0v) is 2.59. The molecule has 0 heterocycles. The highest BCUT2D eigenvalue weighted by molar-refractivity contribution is 5.47. The maximum absolute atomic E-state index is 9.18. The van der Waals surface area contributed by atoms with Gasteiger partial charge >= 0.3 is 6.41 Å². The Morgan fingerprint density at radius 2 is 1.80 bits per heavy atom. The molecule has 0 unspecified atom stereocenters. The van der Waals surface area contributed by atoms with Gasteiger partial charge in [0.25, 0.3) is 0 Å². The average Bonchev–Trinajstić information content (AvgIpc) is 1.38. The third-order valence-electron chi connectivity index (χ3n) is 0.122. The van der Waals surface area contributed by atoms with Crippen molar-refractivity contribution in [2.24, 2.45) is 11.7 Å². The summed E-state index contributed by atoms with van der Waals surface area (Å²) >= 11 is 0. The number of amides is 1. The monoisotopic (exact) mass is 75.0 g/mol. The van der Waals surface area contributed by atoms with Gasteiger partial charge in [0.2, 0.25) is 0 Å². The Kier molecular flexibility index (Phi) is 1.67. The van der Waals surface area contributed by atoms with E-state index in [4.69, 9.17) is 0 Å². The van der Waals surface area contributed by atoms with Gasteiger partial charge < -0.3 is 0 Å². The van der Waals surface area contributed by atoms with E-state index in [1.807, 2.05) is 0 Å². The van der Waals surface area contributed by atoms with Crippen molar-refractivity contribution in [1.82, 2.24) is 5.12 Å². The lowest BCUT2D eigenvalue weighted by Gasteiger charge is -1.72. The molecule has 1 radical (unpaired) electrons. The summed E-state index contributed by atoms with van der Waals surface area (Å²) in [4.78, 5) is 9.18. The van der Waals surface area contributed by atoms with Gasteiger partial charge in [-0.25, -0.2) is 4.79 Å². The molecule has 4 N–H and O–H groups in total. The van der Waals surface area contributed by atoms with Crippen molar-refractivity contribution < 1.29 is 4.79 Å². The van der Waals surface area contributed by atoms with Crippen molar-refractivity contribution in [2.75, 3.05) is 0 Å². The SMILES string of the molecule is N[N+](N)C=O. The van der Waals surface area contributed by atoms with Crippen LogP contribution in [0, 0.1) is 0 Å². The van der Waals surface area contributed by atoms with Crippen LogP contribution in [-0.4, -0.2) is 6.41 Å². The molecule has 0 fully saturated rings. The van der Waals surface area contributed by atoms with Gasteiger partial charge in [-0.3, -0.25) is 0 Å². The summed E-state index contributed by atoms with van der Waals surface area (Å²) in [6.45, 7) is 0. The van der Waals surface area contributed by atoms with Crippen molar-refractivity contribution in [3.05, 3.63) is 0 Å². The summed E-state index contributed by atoms with van der Waals surface area (Å²) in [7, 11) is 0. The number of nitrogens with zero attached hydrogens (tertiary/aromatic N) is 1. The molecule has 5 heavy (non-hydrogen) atoms. The fourth-order valence-electron chi connectivity index (χ4n) is 0. The first-order valence-electron chi connectivity index (χ1n) is 1.01. The molecule has 0 saturated heterocycles. The number of hydrazine groups is 2.